The molecular weight excluding hydrogens is 232 g/mol. The van der Waals surface area contributed by atoms with Crippen molar-refractivity contribution in [3.63, 3.8) is 0 Å². The molecule has 0 radical (unpaired) electrons. The molecule has 1 rings (SSSR count). The van der Waals surface area contributed by atoms with Crippen LogP contribution in [-0.2, 0) is 4.79 Å². The van der Waals surface area contributed by atoms with E-state index in [4.69, 9.17) is 5.73 Å². The molecule has 0 spiro atoms. The predicted molar refractivity (Wildman–Crippen MR) is 74.0 cm³/mol. The molecule has 1 aromatic carbocycles. The van der Waals surface area contributed by atoms with E-state index in [2.05, 4.69) is 0 Å². The van der Waals surface area contributed by atoms with Gasteiger partial charge in [-0.3, -0.25) is 4.79 Å². The van der Waals surface area contributed by atoms with Crippen molar-refractivity contribution in [1.29, 1.82) is 0 Å². The molecule has 0 aliphatic carbocycles. The Labute approximate surface area is 107 Å². The number of likely N-dealkylation sites (N-methyl/N-ethyl adjacent to an activating group) is 1. The molecule has 2 N–H and O–H groups in total. The lowest BCUT2D eigenvalue weighted by molar-refractivity contribution is -0.132. The number of amides is 1. The van der Waals surface area contributed by atoms with Gasteiger partial charge in [-0.05, 0) is 18.7 Å². The van der Waals surface area contributed by atoms with Gasteiger partial charge >= 0.3 is 0 Å². The van der Waals surface area contributed by atoms with E-state index in [9.17, 15) is 4.79 Å². The highest BCUT2D eigenvalue weighted by Crippen LogP contribution is 2.14. The van der Waals surface area contributed by atoms with Crippen molar-refractivity contribution in [1.82, 2.24) is 4.90 Å². The molecule has 0 saturated heterocycles. The molecule has 4 heteroatoms. The number of nitrogens with two attached hydrogens (primary N) is 1. The number of rotatable bonds is 5. The molecule has 0 heterocycles. The van der Waals surface area contributed by atoms with E-state index in [1.165, 1.54) is 0 Å². The number of hydrogen-bond acceptors (Lipinski definition) is 3. The van der Waals surface area contributed by atoms with Crippen LogP contribution < -0.4 is 5.73 Å². The van der Waals surface area contributed by atoms with Crippen molar-refractivity contribution < 1.29 is 4.79 Å². The standard InChI is InChI=1S/C13H20N2OS/c1-10(9-17-3)15(2)13(16)12(14)11-7-5-4-6-8-11/h4-8,10,12H,9,14H2,1-3H3/t10?,12-/m0/s1. The zero-order chi connectivity index (χ0) is 12.8. The third-order valence-corrected chi connectivity index (χ3v) is 3.66. The first kappa shape index (κ1) is 14.1. The van der Waals surface area contributed by atoms with Crippen LogP contribution in [0.15, 0.2) is 30.3 Å². The Morgan fingerprint density at radius 1 is 1.41 bits per heavy atom. The zero-order valence-corrected chi connectivity index (χ0v) is 11.4. The molecule has 3 nitrogen and oxygen atoms in total. The molecule has 1 amide bonds. The van der Waals surface area contributed by atoms with Gasteiger partial charge in [0.2, 0.25) is 5.91 Å². The Morgan fingerprint density at radius 2 is 2.00 bits per heavy atom. The summed E-state index contributed by atoms with van der Waals surface area (Å²) in [6, 6.07) is 9.12. The van der Waals surface area contributed by atoms with Gasteiger partial charge in [-0.1, -0.05) is 30.3 Å². The Balaban J connectivity index is 2.70. The highest BCUT2D eigenvalue weighted by Gasteiger charge is 2.22. The quantitative estimate of drug-likeness (QED) is 0.870. The summed E-state index contributed by atoms with van der Waals surface area (Å²) in [6.07, 6.45) is 2.03. The first-order valence-electron chi connectivity index (χ1n) is 5.64. The second-order valence-corrected chi connectivity index (χ2v) is 5.05. The van der Waals surface area contributed by atoms with Gasteiger partial charge in [-0.2, -0.15) is 11.8 Å². The van der Waals surface area contributed by atoms with Gasteiger partial charge in [0.1, 0.15) is 6.04 Å². The van der Waals surface area contributed by atoms with Crippen LogP contribution in [0.2, 0.25) is 0 Å². The smallest absolute Gasteiger partial charge is 0.244 e. The maximum Gasteiger partial charge on any atom is 0.244 e. The van der Waals surface area contributed by atoms with Crippen molar-refractivity contribution in [2.45, 2.75) is 19.0 Å². The van der Waals surface area contributed by atoms with E-state index in [-0.39, 0.29) is 11.9 Å². The van der Waals surface area contributed by atoms with Crippen molar-refractivity contribution in [2.24, 2.45) is 5.73 Å². The second kappa shape index (κ2) is 6.67. The maximum atomic E-state index is 12.2. The van der Waals surface area contributed by atoms with Crippen molar-refractivity contribution in [2.75, 3.05) is 19.1 Å². The molecule has 94 valence electrons. The van der Waals surface area contributed by atoms with E-state index in [0.717, 1.165) is 11.3 Å². The molecule has 0 aliphatic rings. The normalized spacial score (nSPS) is 14.1. The number of carbonyl (C=O) groups is 1. The number of benzene rings is 1. The van der Waals surface area contributed by atoms with Gasteiger partial charge in [-0.15, -0.1) is 0 Å². The summed E-state index contributed by atoms with van der Waals surface area (Å²) >= 11 is 1.73. The summed E-state index contributed by atoms with van der Waals surface area (Å²) in [6.45, 7) is 2.03. The minimum absolute atomic E-state index is 0.0299. The van der Waals surface area contributed by atoms with E-state index < -0.39 is 6.04 Å². The summed E-state index contributed by atoms with van der Waals surface area (Å²) in [5.41, 5.74) is 6.84. The first-order valence-corrected chi connectivity index (χ1v) is 7.03. The van der Waals surface area contributed by atoms with Crippen LogP contribution in [-0.4, -0.2) is 35.9 Å². The molecule has 0 bridgehead atoms. The molecule has 1 unspecified atom stereocenters. The maximum absolute atomic E-state index is 12.2. The number of hydrogen-bond donors (Lipinski definition) is 1. The van der Waals surface area contributed by atoms with Crippen LogP contribution in [0, 0.1) is 0 Å². The first-order chi connectivity index (χ1) is 8.07. The van der Waals surface area contributed by atoms with Crippen molar-refractivity contribution >= 4 is 17.7 Å². The molecule has 1 aromatic rings. The van der Waals surface area contributed by atoms with Crippen molar-refractivity contribution in [3.8, 4) is 0 Å². The summed E-state index contributed by atoms with van der Waals surface area (Å²) in [4.78, 5) is 13.9. The Morgan fingerprint density at radius 3 is 2.53 bits per heavy atom. The van der Waals surface area contributed by atoms with Crippen molar-refractivity contribution in [3.05, 3.63) is 35.9 Å². The average molecular weight is 252 g/mol. The van der Waals surface area contributed by atoms with Crippen LogP contribution in [0.1, 0.15) is 18.5 Å². The SMILES string of the molecule is CSCC(C)N(C)C(=O)[C@@H](N)c1ccccc1. The van der Waals surface area contributed by atoms with E-state index in [0.29, 0.717) is 0 Å². The fourth-order valence-electron chi connectivity index (χ4n) is 1.59. The van der Waals surface area contributed by atoms with Gasteiger partial charge in [0.25, 0.3) is 0 Å². The van der Waals surface area contributed by atoms with Crippen LogP contribution in [0.25, 0.3) is 0 Å². The Kier molecular flexibility index (Phi) is 5.51. The lowest BCUT2D eigenvalue weighted by atomic mass is 10.1. The molecule has 0 aromatic heterocycles. The molecule has 0 saturated carbocycles. The number of carbonyl (C=O) groups excluding carboxylic acids is 1. The molecule has 0 fully saturated rings. The van der Waals surface area contributed by atoms with Gasteiger partial charge < -0.3 is 10.6 Å². The summed E-state index contributed by atoms with van der Waals surface area (Å²) in [5.74, 6) is 0.891. The molecular formula is C13H20N2OS. The topological polar surface area (TPSA) is 46.3 Å². The van der Waals surface area contributed by atoms with E-state index >= 15 is 0 Å². The van der Waals surface area contributed by atoms with Gasteiger partial charge in [0, 0.05) is 18.8 Å². The fraction of sp³-hybridized carbons (Fsp3) is 0.462. The lowest BCUT2D eigenvalue weighted by Gasteiger charge is -2.27. The van der Waals surface area contributed by atoms with E-state index in [1.54, 1.807) is 16.7 Å². The van der Waals surface area contributed by atoms with Gasteiger partial charge in [0.15, 0.2) is 0 Å². The Hall–Kier alpha value is -1.00. The van der Waals surface area contributed by atoms with Crippen LogP contribution in [0.3, 0.4) is 0 Å². The van der Waals surface area contributed by atoms with E-state index in [1.807, 2.05) is 50.6 Å². The monoisotopic (exact) mass is 252 g/mol. The highest BCUT2D eigenvalue weighted by molar-refractivity contribution is 7.98. The Bertz CT molecular complexity index is 356. The minimum Gasteiger partial charge on any atom is -0.341 e. The molecule has 17 heavy (non-hydrogen) atoms. The molecule has 0 aliphatic heterocycles. The third-order valence-electron chi connectivity index (χ3n) is 2.84. The fourth-order valence-corrected chi connectivity index (χ4v) is 2.30. The summed E-state index contributed by atoms with van der Waals surface area (Å²) in [7, 11) is 1.81. The second-order valence-electron chi connectivity index (χ2n) is 4.14. The minimum atomic E-state index is -0.564. The third kappa shape index (κ3) is 3.75. The highest BCUT2D eigenvalue weighted by atomic mass is 32.2. The zero-order valence-electron chi connectivity index (χ0n) is 10.6. The van der Waals surface area contributed by atoms with Gasteiger partial charge in [0.05, 0.1) is 0 Å². The number of nitrogens with zero attached hydrogens (tertiary/aromatic N) is 1. The van der Waals surface area contributed by atoms with Crippen LogP contribution >= 0.6 is 11.8 Å². The summed E-state index contributed by atoms with van der Waals surface area (Å²) < 4.78 is 0. The lowest BCUT2D eigenvalue weighted by Crippen LogP contribution is -2.42. The average Bonchev–Trinajstić information content (AvgIpc) is 2.37. The van der Waals surface area contributed by atoms with Crippen LogP contribution in [0.4, 0.5) is 0 Å². The molecule has 2 atom stereocenters. The summed E-state index contributed by atoms with van der Waals surface area (Å²) in [5, 5.41) is 0. The predicted octanol–water partition coefficient (Wildman–Crippen LogP) is 1.90. The van der Waals surface area contributed by atoms with Gasteiger partial charge in [-0.25, -0.2) is 0 Å². The number of thioether (sulfide) groups is 1. The van der Waals surface area contributed by atoms with Crippen LogP contribution in [0.5, 0.6) is 0 Å². The largest absolute Gasteiger partial charge is 0.341 e.